The molecule has 5 nitrogen and oxygen atoms in total. The van der Waals surface area contributed by atoms with Gasteiger partial charge in [0.25, 0.3) is 5.91 Å². The van der Waals surface area contributed by atoms with Crippen LogP contribution in [0.2, 0.25) is 0 Å². The summed E-state index contributed by atoms with van der Waals surface area (Å²) in [5.74, 6) is -0.173. The van der Waals surface area contributed by atoms with Crippen molar-refractivity contribution in [2.45, 2.75) is 6.42 Å². The van der Waals surface area contributed by atoms with Crippen molar-refractivity contribution in [2.75, 3.05) is 11.4 Å². The Bertz CT molecular complexity index is 626. The first-order valence-corrected chi connectivity index (χ1v) is 5.43. The number of carbonyl (C=O) groups excluding carboxylic acids is 1. The zero-order chi connectivity index (χ0) is 11.8. The Morgan fingerprint density at radius 1 is 1.29 bits per heavy atom. The van der Waals surface area contributed by atoms with E-state index in [-0.39, 0.29) is 11.6 Å². The molecule has 1 aliphatic heterocycles. The summed E-state index contributed by atoms with van der Waals surface area (Å²) in [6.07, 6.45) is 2.27. The van der Waals surface area contributed by atoms with Crippen LogP contribution in [0, 0.1) is 0 Å². The first-order chi connectivity index (χ1) is 8.25. The number of amides is 1. The average Bonchev–Trinajstić information content (AvgIpc) is 2.94. The quantitative estimate of drug-likeness (QED) is 0.763. The van der Waals surface area contributed by atoms with Gasteiger partial charge in [0.1, 0.15) is 5.69 Å². The predicted octanol–water partition coefficient (Wildman–Crippen LogP) is 0.906. The molecule has 2 aromatic rings. The lowest BCUT2D eigenvalue weighted by Gasteiger charge is -2.15. The fraction of sp³-hybridized carbons (Fsp3) is 0.167. The molecule has 1 aromatic carbocycles. The number of hydrogen-bond acceptors (Lipinski definition) is 2. The summed E-state index contributed by atoms with van der Waals surface area (Å²) in [6.45, 7) is 0.658. The summed E-state index contributed by atoms with van der Waals surface area (Å²) in [4.78, 5) is 29.7. The molecule has 0 fully saturated rings. The van der Waals surface area contributed by atoms with Crippen molar-refractivity contribution in [3.63, 3.8) is 0 Å². The van der Waals surface area contributed by atoms with Crippen LogP contribution in [0.3, 0.4) is 0 Å². The Labute approximate surface area is 97.1 Å². The molecule has 0 bridgehead atoms. The summed E-state index contributed by atoms with van der Waals surface area (Å²) in [5.41, 5.74) is 2.03. The van der Waals surface area contributed by atoms with Crippen LogP contribution in [0.1, 0.15) is 16.1 Å². The van der Waals surface area contributed by atoms with E-state index >= 15 is 0 Å². The Kier molecular flexibility index (Phi) is 2.11. The Morgan fingerprint density at radius 2 is 2.12 bits per heavy atom. The molecule has 1 aliphatic rings. The first-order valence-electron chi connectivity index (χ1n) is 5.43. The van der Waals surface area contributed by atoms with Gasteiger partial charge in [0, 0.05) is 18.4 Å². The maximum absolute atomic E-state index is 12.2. The SMILES string of the molecule is O=C(c1c[nH]c(=O)[nH]1)N1CCc2ccccc21. The van der Waals surface area contributed by atoms with Crippen molar-refractivity contribution in [3.05, 3.63) is 52.2 Å². The van der Waals surface area contributed by atoms with Crippen LogP contribution in [0.25, 0.3) is 0 Å². The largest absolute Gasteiger partial charge is 0.323 e. The highest BCUT2D eigenvalue weighted by Crippen LogP contribution is 2.28. The Morgan fingerprint density at radius 3 is 2.88 bits per heavy atom. The van der Waals surface area contributed by atoms with Gasteiger partial charge in [-0.15, -0.1) is 0 Å². The lowest BCUT2D eigenvalue weighted by Crippen LogP contribution is -2.29. The van der Waals surface area contributed by atoms with Crippen LogP contribution >= 0.6 is 0 Å². The normalized spacial score (nSPS) is 13.8. The van der Waals surface area contributed by atoms with Crippen molar-refractivity contribution in [1.82, 2.24) is 9.97 Å². The first kappa shape index (κ1) is 9.89. The minimum atomic E-state index is -0.360. The molecule has 1 aromatic heterocycles. The Hall–Kier alpha value is -2.30. The minimum Gasteiger partial charge on any atom is -0.312 e. The van der Waals surface area contributed by atoms with E-state index in [0.29, 0.717) is 12.2 Å². The maximum Gasteiger partial charge on any atom is 0.323 e. The zero-order valence-electron chi connectivity index (χ0n) is 9.06. The monoisotopic (exact) mass is 229 g/mol. The summed E-state index contributed by atoms with van der Waals surface area (Å²) >= 11 is 0. The number of benzene rings is 1. The molecule has 0 spiro atoms. The van der Waals surface area contributed by atoms with Crippen LogP contribution in [-0.4, -0.2) is 22.4 Å². The molecule has 2 heterocycles. The highest BCUT2D eigenvalue weighted by Gasteiger charge is 2.25. The fourth-order valence-corrected chi connectivity index (χ4v) is 2.14. The molecule has 0 aliphatic carbocycles. The van der Waals surface area contributed by atoms with Crippen molar-refractivity contribution in [3.8, 4) is 0 Å². The molecule has 2 N–H and O–H groups in total. The van der Waals surface area contributed by atoms with Gasteiger partial charge in [0.2, 0.25) is 0 Å². The lowest BCUT2D eigenvalue weighted by atomic mass is 10.2. The average molecular weight is 229 g/mol. The number of nitrogens with one attached hydrogen (secondary N) is 2. The zero-order valence-corrected chi connectivity index (χ0v) is 9.06. The van der Waals surface area contributed by atoms with Gasteiger partial charge >= 0.3 is 5.69 Å². The van der Waals surface area contributed by atoms with Gasteiger partial charge in [0.05, 0.1) is 0 Å². The Balaban J connectivity index is 1.97. The fourth-order valence-electron chi connectivity index (χ4n) is 2.14. The van der Waals surface area contributed by atoms with E-state index < -0.39 is 0 Å². The summed E-state index contributed by atoms with van der Waals surface area (Å²) in [7, 11) is 0. The van der Waals surface area contributed by atoms with Crippen molar-refractivity contribution in [1.29, 1.82) is 0 Å². The molecular weight excluding hydrogens is 218 g/mol. The number of H-pyrrole nitrogens is 2. The van der Waals surface area contributed by atoms with Gasteiger partial charge in [-0.05, 0) is 18.1 Å². The van der Waals surface area contributed by atoms with E-state index in [2.05, 4.69) is 9.97 Å². The second kappa shape index (κ2) is 3.62. The van der Waals surface area contributed by atoms with Crippen molar-refractivity contribution >= 4 is 11.6 Å². The molecule has 0 radical (unpaired) electrons. The second-order valence-corrected chi connectivity index (χ2v) is 3.99. The standard InChI is InChI=1S/C12H11N3O2/c16-11(9-7-13-12(17)14-9)15-6-5-8-3-1-2-4-10(8)15/h1-4,7H,5-6H2,(H2,13,14,17). The number of aromatic nitrogens is 2. The van der Waals surface area contributed by atoms with Gasteiger partial charge in [-0.25, -0.2) is 4.79 Å². The van der Waals surface area contributed by atoms with Crippen LogP contribution < -0.4 is 10.6 Å². The number of anilines is 1. The molecule has 5 heteroatoms. The predicted molar refractivity (Wildman–Crippen MR) is 63.2 cm³/mol. The molecule has 0 atom stereocenters. The van der Waals surface area contributed by atoms with Crippen molar-refractivity contribution < 1.29 is 4.79 Å². The molecule has 3 rings (SSSR count). The number of nitrogens with zero attached hydrogens (tertiary/aromatic N) is 1. The number of hydrogen-bond donors (Lipinski definition) is 2. The van der Waals surface area contributed by atoms with Crippen LogP contribution in [0.15, 0.2) is 35.3 Å². The number of fused-ring (bicyclic) bond motifs is 1. The van der Waals surface area contributed by atoms with E-state index in [1.54, 1.807) is 4.90 Å². The third-order valence-electron chi connectivity index (χ3n) is 2.96. The number of aromatic amines is 2. The van der Waals surface area contributed by atoms with E-state index in [9.17, 15) is 9.59 Å². The number of para-hydroxylation sites is 1. The highest BCUT2D eigenvalue weighted by molar-refractivity contribution is 6.05. The van der Waals surface area contributed by atoms with Crippen LogP contribution in [-0.2, 0) is 6.42 Å². The lowest BCUT2D eigenvalue weighted by molar-refractivity contribution is 0.0985. The number of imidazole rings is 1. The topological polar surface area (TPSA) is 69.0 Å². The van der Waals surface area contributed by atoms with E-state index in [4.69, 9.17) is 0 Å². The van der Waals surface area contributed by atoms with Crippen molar-refractivity contribution in [2.24, 2.45) is 0 Å². The summed E-state index contributed by atoms with van der Waals surface area (Å²) < 4.78 is 0. The van der Waals surface area contributed by atoms with Gasteiger partial charge in [-0.3, -0.25) is 4.79 Å². The third-order valence-corrected chi connectivity index (χ3v) is 2.96. The van der Waals surface area contributed by atoms with Crippen LogP contribution in [0.4, 0.5) is 5.69 Å². The van der Waals surface area contributed by atoms with E-state index in [0.717, 1.165) is 12.1 Å². The smallest absolute Gasteiger partial charge is 0.312 e. The third kappa shape index (κ3) is 1.56. The number of carbonyl (C=O) groups is 1. The minimum absolute atomic E-state index is 0.173. The van der Waals surface area contributed by atoms with Gasteiger partial charge in [-0.1, -0.05) is 18.2 Å². The highest BCUT2D eigenvalue weighted by atomic mass is 16.2. The van der Waals surface area contributed by atoms with Gasteiger partial charge in [-0.2, -0.15) is 0 Å². The van der Waals surface area contributed by atoms with Gasteiger partial charge in [0.15, 0.2) is 0 Å². The van der Waals surface area contributed by atoms with Crippen LogP contribution in [0.5, 0.6) is 0 Å². The maximum atomic E-state index is 12.2. The summed E-state index contributed by atoms with van der Waals surface area (Å²) in [5, 5.41) is 0. The molecule has 0 saturated carbocycles. The number of rotatable bonds is 1. The molecule has 1 amide bonds. The molecular formula is C12H11N3O2. The van der Waals surface area contributed by atoms with E-state index in [1.165, 1.54) is 11.8 Å². The molecule has 0 saturated heterocycles. The summed E-state index contributed by atoms with van der Waals surface area (Å²) in [6, 6.07) is 7.81. The molecule has 17 heavy (non-hydrogen) atoms. The molecule has 0 unspecified atom stereocenters. The van der Waals surface area contributed by atoms with E-state index in [1.807, 2.05) is 24.3 Å². The molecule has 86 valence electrons. The second-order valence-electron chi connectivity index (χ2n) is 3.99. The van der Waals surface area contributed by atoms with Gasteiger partial charge < -0.3 is 14.9 Å².